The van der Waals surface area contributed by atoms with E-state index in [9.17, 15) is 4.79 Å². The number of hydrogen-bond acceptors (Lipinski definition) is 3. The maximum absolute atomic E-state index is 12.3. The first kappa shape index (κ1) is 16.2. The van der Waals surface area contributed by atoms with Crippen LogP contribution in [0.3, 0.4) is 0 Å². The van der Waals surface area contributed by atoms with Gasteiger partial charge in [0.1, 0.15) is 0 Å². The van der Waals surface area contributed by atoms with Crippen molar-refractivity contribution in [2.75, 3.05) is 6.79 Å². The lowest BCUT2D eigenvalue weighted by atomic mass is 9.96. The number of benzene rings is 2. The van der Waals surface area contributed by atoms with Crippen LogP contribution >= 0.6 is 0 Å². The van der Waals surface area contributed by atoms with E-state index in [-0.39, 0.29) is 18.9 Å². The maximum Gasteiger partial charge on any atom is 0.315 e. The monoisotopic (exact) mass is 326 g/mol. The molecule has 24 heavy (non-hydrogen) atoms. The Kier molecular flexibility index (Phi) is 4.89. The molecule has 2 N–H and O–H groups in total. The Bertz CT molecular complexity index is 701. The van der Waals surface area contributed by atoms with Crippen molar-refractivity contribution in [1.29, 1.82) is 0 Å². The van der Waals surface area contributed by atoms with Crippen LogP contribution in [-0.2, 0) is 6.54 Å². The lowest BCUT2D eigenvalue weighted by Crippen LogP contribution is -2.39. The van der Waals surface area contributed by atoms with E-state index in [2.05, 4.69) is 24.5 Å². The molecule has 126 valence electrons. The van der Waals surface area contributed by atoms with E-state index in [1.807, 2.05) is 48.5 Å². The van der Waals surface area contributed by atoms with Crippen LogP contribution in [0, 0.1) is 5.92 Å². The highest BCUT2D eigenvalue weighted by molar-refractivity contribution is 5.74. The van der Waals surface area contributed by atoms with Crippen molar-refractivity contribution in [3.8, 4) is 11.5 Å². The number of rotatable bonds is 5. The average molecular weight is 326 g/mol. The van der Waals surface area contributed by atoms with Gasteiger partial charge in [-0.15, -0.1) is 0 Å². The Hall–Kier alpha value is -2.69. The molecule has 5 nitrogen and oxygen atoms in total. The van der Waals surface area contributed by atoms with Crippen LogP contribution in [0.4, 0.5) is 4.79 Å². The zero-order valence-corrected chi connectivity index (χ0v) is 13.9. The van der Waals surface area contributed by atoms with Gasteiger partial charge < -0.3 is 20.1 Å². The van der Waals surface area contributed by atoms with Gasteiger partial charge in [-0.2, -0.15) is 0 Å². The molecule has 0 saturated carbocycles. The second-order valence-electron chi connectivity index (χ2n) is 6.15. The number of urea groups is 1. The van der Waals surface area contributed by atoms with Gasteiger partial charge in [0.05, 0.1) is 6.04 Å². The molecule has 0 saturated heterocycles. The second kappa shape index (κ2) is 7.25. The molecule has 1 aliphatic rings. The Morgan fingerprint density at radius 2 is 1.83 bits per heavy atom. The van der Waals surface area contributed by atoms with Gasteiger partial charge in [0.25, 0.3) is 0 Å². The summed E-state index contributed by atoms with van der Waals surface area (Å²) < 4.78 is 10.6. The molecule has 2 aromatic rings. The third-order valence-electron chi connectivity index (χ3n) is 4.00. The van der Waals surface area contributed by atoms with Gasteiger partial charge in [-0.3, -0.25) is 0 Å². The highest BCUT2D eigenvalue weighted by atomic mass is 16.7. The SMILES string of the molecule is CC(C)C(NC(=O)NCc1ccc2c(c1)OCO2)c1ccccc1. The third-order valence-corrected chi connectivity index (χ3v) is 4.00. The molecule has 2 amide bonds. The molecular formula is C19H22N2O3. The smallest absolute Gasteiger partial charge is 0.315 e. The minimum Gasteiger partial charge on any atom is -0.454 e. The first-order valence-electron chi connectivity index (χ1n) is 8.11. The van der Waals surface area contributed by atoms with Crippen LogP contribution in [0.2, 0.25) is 0 Å². The first-order valence-corrected chi connectivity index (χ1v) is 8.11. The fourth-order valence-corrected chi connectivity index (χ4v) is 2.72. The number of carbonyl (C=O) groups is 1. The number of fused-ring (bicyclic) bond motifs is 1. The van der Waals surface area contributed by atoms with Crippen molar-refractivity contribution in [3.63, 3.8) is 0 Å². The summed E-state index contributed by atoms with van der Waals surface area (Å²) >= 11 is 0. The lowest BCUT2D eigenvalue weighted by Gasteiger charge is -2.23. The minimum absolute atomic E-state index is 0.0250. The molecule has 0 radical (unpaired) electrons. The predicted octanol–water partition coefficient (Wildman–Crippen LogP) is 3.61. The summed E-state index contributed by atoms with van der Waals surface area (Å²) in [5.41, 5.74) is 2.07. The van der Waals surface area contributed by atoms with E-state index in [0.29, 0.717) is 12.5 Å². The molecule has 0 bridgehead atoms. The summed E-state index contributed by atoms with van der Waals surface area (Å²) in [6.45, 7) is 4.87. The zero-order valence-electron chi connectivity index (χ0n) is 13.9. The van der Waals surface area contributed by atoms with E-state index in [1.54, 1.807) is 0 Å². The first-order chi connectivity index (χ1) is 11.6. The molecule has 1 heterocycles. The molecule has 2 aromatic carbocycles. The fourth-order valence-electron chi connectivity index (χ4n) is 2.72. The topological polar surface area (TPSA) is 59.6 Å². The molecule has 1 aliphatic heterocycles. The largest absolute Gasteiger partial charge is 0.454 e. The number of hydrogen-bond donors (Lipinski definition) is 2. The van der Waals surface area contributed by atoms with Crippen LogP contribution in [0.1, 0.15) is 31.0 Å². The fraction of sp³-hybridized carbons (Fsp3) is 0.316. The summed E-state index contributed by atoms with van der Waals surface area (Å²) in [7, 11) is 0. The van der Waals surface area contributed by atoms with Crippen molar-refractivity contribution < 1.29 is 14.3 Å². The predicted molar refractivity (Wildman–Crippen MR) is 92.0 cm³/mol. The summed E-state index contributed by atoms with van der Waals surface area (Å²) in [5, 5.41) is 5.95. The third kappa shape index (κ3) is 3.79. The Balaban J connectivity index is 1.58. The number of carbonyl (C=O) groups excluding carboxylic acids is 1. The maximum atomic E-state index is 12.3. The quantitative estimate of drug-likeness (QED) is 0.882. The summed E-state index contributed by atoms with van der Waals surface area (Å²) in [6, 6.07) is 15.5. The average Bonchev–Trinajstić information content (AvgIpc) is 3.06. The number of ether oxygens (including phenoxy) is 2. The van der Waals surface area contributed by atoms with Crippen LogP contribution in [0.5, 0.6) is 11.5 Å². The van der Waals surface area contributed by atoms with E-state index in [1.165, 1.54) is 0 Å². The molecule has 5 heteroatoms. The highest BCUT2D eigenvalue weighted by Gasteiger charge is 2.18. The van der Waals surface area contributed by atoms with Gasteiger partial charge in [-0.25, -0.2) is 4.79 Å². The van der Waals surface area contributed by atoms with Gasteiger partial charge in [0.15, 0.2) is 11.5 Å². The standard InChI is InChI=1S/C19H22N2O3/c1-13(2)18(15-6-4-3-5-7-15)21-19(22)20-11-14-8-9-16-17(10-14)24-12-23-16/h3-10,13,18H,11-12H2,1-2H3,(H2,20,21,22). The van der Waals surface area contributed by atoms with Crippen molar-refractivity contribution in [1.82, 2.24) is 10.6 Å². The minimum atomic E-state index is -0.185. The Morgan fingerprint density at radius 1 is 1.08 bits per heavy atom. The zero-order chi connectivity index (χ0) is 16.9. The van der Waals surface area contributed by atoms with Gasteiger partial charge in [0, 0.05) is 6.54 Å². The Morgan fingerprint density at radius 3 is 2.58 bits per heavy atom. The van der Waals surface area contributed by atoms with E-state index >= 15 is 0 Å². The number of amides is 2. The number of nitrogens with one attached hydrogen (secondary N) is 2. The second-order valence-corrected chi connectivity index (χ2v) is 6.15. The van der Waals surface area contributed by atoms with Gasteiger partial charge >= 0.3 is 6.03 Å². The van der Waals surface area contributed by atoms with Crippen LogP contribution in [0.15, 0.2) is 48.5 Å². The molecule has 0 spiro atoms. The summed E-state index contributed by atoms with van der Waals surface area (Å²) in [4.78, 5) is 12.3. The van der Waals surface area contributed by atoms with Crippen molar-refractivity contribution >= 4 is 6.03 Å². The van der Waals surface area contributed by atoms with Crippen molar-refractivity contribution in [2.45, 2.75) is 26.4 Å². The van der Waals surface area contributed by atoms with Crippen molar-refractivity contribution in [2.24, 2.45) is 5.92 Å². The van der Waals surface area contributed by atoms with Gasteiger partial charge in [-0.05, 0) is 29.2 Å². The lowest BCUT2D eigenvalue weighted by molar-refractivity contribution is 0.174. The van der Waals surface area contributed by atoms with Crippen LogP contribution in [0.25, 0.3) is 0 Å². The van der Waals surface area contributed by atoms with Gasteiger partial charge in [-0.1, -0.05) is 50.2 Å². The summed E-state index contributed by atoms with van der Waals surface area (Å²) in [5.74, 6) is 1.76. The normalized spacial score (nSPS) is 13.6. The van der Waals surface area contributed by atoms with E-state index in [0.717, 1.165) is 22.6 Å². The Labute approximate surface area is 142 Å². The molecule has 0 fully saturated rings. The molecule has 1 atom stereocenters. The summed E-state index contributed by atoms with van der Waals surface area (Å²) in [6.07, 6.45) is 0. The molecule has 1 unspecified atom stereocenters. The molecule has 0 aromatic heterocycles. The van der Waals surface area contributed by atoms with Crippen LogP contribution in [-0.4, -0.2) is 12.8 Å². The van der Waals surface area contributed by atoms with Crippen molar-refractivity contribution in [3.05, 3.63) is 59.7 Å². The van der Waals surface area contributed by atoms with Gasteiger partial charge in [0.2, 0.25) is 6.79 Å². The molecule has 0 aliphatic carbocycles. The molecule has 3 rings (SSSR count). The van der Waals surface area contributed by atoms with E-state index in [4.69, 9.17) is 9.47 Å². The molecular weight excluding hydrogens is 304 g/mol. The highest BCUT2D eigenvalue weighted by Crippen LogP contribution is 2.32. The van der Waals surface area contributed by atoms with Crippen LogP contribution < -0.4 is 20.1 Å². The van der Waals surface area contributed by atoms with E-state index < -0.39 is 0 Å².